The lowest BCUT2D eigenvalue weighted by Crippen LogP contribution is -2.36. The highest BCUT2D eigenvalue weighted by atomic mass is 32.1. The molecule has 0 aliphatic carbocycles. The summed E-state index contributed by atoms with van der Waals surface area (Å²) >= 11 is 1.78. The first-order valence-electron chi connectivity index (χ1n) is 4.84. The molecule has 1 rings (SSSR count). The van der Waals surface area contributed by atoms with Gasteiger partial charge < -0.3 is 5.32 Å². The van der Waals surface area contributed by atoms with Crippen molar-refractivity contribution in [1.29, 1.82) is 0 Å². The van der Waals surface area contributed by atoms with Crippen molar-refractivity contribution in [3.8, 4) is 0 Å². The molecule has 0 saturated carbocycles. The number of hydrogen-bond acceptors (Lipinski definition) is 2. The summed E-state index contributed by atoms with van der Waals surface area (Å²) in [5.41, 5.74) is 1.73. The molecule has 0 saturated heterocycles. The van der Waals surface area contributed by atoms with Crippen molar-refractivity contribution in [2.24, 2.45) is 0 Å². The molecule has 0 radical (unpaired) electrons. The van der Waals surface area contributed by atoms with Crippen molar-refractivity contribution in [3.63, 3.8) is 0 Å². The van der Waals surface area contributed by atoms with Crippen LogP contribution in [0.2, 0.25) is 0 Å². The lowest BCUT2D eigenvalue weighted by Gasteiger charge is -2.20. The van der Waals surface area contributed by atoms with Gasteiger partial charge in [0.15, 0.2) is 0 Å². The number of thiophene rings is 1. The summed E-state index contributed by atoms with van der Waals surface area (Å²) in [6, 6.07) is 2.21. The minimum atomic E-state index is 0.259. The Morgan fingerprint density at radius 2 is 2.15 bits per heavy atom. The second-order valence-corrected chi connectivity index (χ2v) is 5.19. The zero-order valence-corrected chi connectivity index (χ0v) is 9.58. The van der Waals surface area contributed by atoms with E-state index in [1.165, 1.54) is 18.4 Å². The zero-order valence-electron chi connectivity index (χ0n) is 8.76. The average molecular weight is 197 g/mol. The van der Waals surface area contributed by atoms with Crippen LogP contribution in [0, 0.1) is 0 Å². The molecule has 1 nitrogen and oxygen atoms in total. The fraction of sp³-hybridized carbons (Fsp3) is 0.636. The van der Waals surface area contributed by atoms with E-state index in [9.17, 15) is 0 Å². The molecular weight excluding hydrogens is 178 g/mol. The van der Waals surface area contributed by atoms with Gasteiger partial charge in [-0.15, -0.1) is 0 Å². The largest absolute Gasteiger partial charge is 0.312 e. The molecule has 0 fully saturated rings. The van der Waals surface area contributed by atoms with Gasteiger partial charge in [-0.3, -0.25) is 0 Å². The van der Waals surface area contributed by atoms with Crippen molar-refractivity contribution in [2.45, 2.75) is 39.2 Å². The van der Waals surface area contributed by atoms with Crippen LogP contribution >= 0.6 is 11.3 Å². The second-order valence-electron chi connectivity index (χ2n) is 4.41. The van der Waals surface area contributed by atoms with Crippen molar-refractivity contribution in [3.05, 3.63) is 22.4 Å². The Morgan fingerprint density at radius 3 is 2.69 bits per heavy atom. The Kier molecular flexibility index (Phi) is 3.94. The molecule has 0 bridgehead atoms. The van der Waals surface area contributed by atoms with Gasteiger partial charge in [0.25, 0.3) is 0 Å². The van der Waals surface area contributed by atoms with Gasteiger partial charge in [0, 0.05) is 5.54 Å². The topological polar surface area (TPSA) is 12.0 Å². The van der Waals surface area contributed by atoms with E-state index in [-0.39, 0.29) is 5.54 Å². The Labute approximate surface area is 85.2 Å². The van der Waals surface area contributed by atoms with Crippen molar-refractivity contribution >= 4 is 11.3 Å². The Morgan fingerprint density at radius 1 is 1.38 bits per heavy atom. The minimum Gasteiger partial charge on any atom is -0.312 e. The quantitative estimate of drug-likeness (QED) is 0.731. The molecule has 74 valence electrons. The van der Waals surface area contributed by atoms with Gasteiger partial charge in [0.2, 0.25) is 0 Å². The molecule has 13 heavy (non-hydrogen) atoms. The molecule has 2 heteroatoms. The lowest BCUT2D eigenvalue weighted by atomic mass is 10.1. The van der Waals surface area contributed by atoms with Crippen LogP contribution in [0.1, 0.15) is 32.8 Å². The third-order valence-corrected chi connectivity index (χ3v) is 2.61. The first-order valence-corrected chi connectivity index (χ1v) is 5.78. The van der Waals surface area contributed by atoms with Crippen molar-refractivity contribution in [2.75, 3.05) is 6.54 Å². The van der Waals surface area contributed by atoms with Gasteiger partial charge in [-0.1, -0.05) is 0 Å². The number of nitrogens with one attached hydrogen (secondary N) is 1. The highest BCUT2D eigenvalue weighted by Gasteiger charge is 2.06. The first kappa shape index (κ1) is 10.7. The van der Waals surface area contributed by atoms with E-state index < -0.39 is 0 Å². The zero-order chi connectivity index (χ0) is 9.73. The summed E-state index contributed by atoms with van der Waals surface area (Å²) in [5, 5.41) is 7.87. The third-order valence-electron chi connectivity index (χ3n) is 1.88. The number of rotatable bonds is 4. The molecule has 0 aliphatic rings. The minimum absolute atomic E-state index is 0.259. The fourth-order valence-electron chi connectivity index (χ4n) is 1.19. The smallest absolute Gasteiger partial charge is 0.00965 e. The summed E-state index contributed by atoms with van der Waals surface area (Å²) < 4.78 is 0. The van der Waals surface area contributed by atoms with Crippen molar-refractivity contribution < 1.29 is 0 Å². The summed E-state index contributed by atoms with van der Waals surface area (Å²) in [6.07, 6.45) is 2.43. The first-order chi connectivity index (χ1) is 6.08. The van der Waals surface area contributed by atoms with E-state index in [2.05, 4.69) is 42.9 Å². The summed E-state index contributed by atoms with van der Waals surface area (Å²) in [4.78, 5) is 0. The van der Waals surface area contributed by atoms with Gasteiger partial charge in [-0.2, -0.15) is 11.3 Å². The molecule has 0 amide bonds. The predicted molar refractivity (Wildman–Crippen MR) is 60.4 cm³/mol. The van der Waals surface area contributed by atoms with E-state index in [0.717, 1.165) is 6.54 Å². The van der Waals surface area contributed by atoms with Gasteiger partial charge in [0.1, 0.15) is 0 Å². The summed E-state index contributed by atoms with van der Waals surface area (Å²) in [5.74, 6) is 0. The van der Waals surface area contributed by atoms with E-state index in [1.54, 1.807) is 11.3 Å². The van der Waals surface area contributed by atoms with Gasteiger partial charge in [-0.25, -0.2) is 0 Å². The standard InChI is InChI=1S/C11H19NS/c1-11(2,3)12-7-4-5-10-6-8-13-9-10/h6,8-9,12H,4-5,7H2,1-3H3. The average Bonchev–Trinajstić information content (AvgIpc) is 2.48. The number of hydrogen-bond donors (Lipinski definition) is 1. The van der Waals surface area contributed by atoms with Gasteiger partial charge in [0.05, 0.1) is 0 Å². The summed E-state index contributed by atoms with van der Waals surface area (Å²) in [7, 11) is 0. The molecule has 1 heterocycles. The van der Waals surface area contributed by atoms with E-state index in [0.29, 0.717) is 0 Å². The molecule has 0 aromatic carbocycles. The fourth-order valence-corrected chi connectivity index (χ4v) is 1.89. The maximum atomic E-state index is 3.49. The van der Waals surface area contributed by atoms with Crippen molar-refractivity contribution in [1.82, 2.24) is 5.32 Å². The molecule has 0 aliphatic heterocycles. The van der Waals surface area contributed by atoms with E-state index >= 15 is 0 Å². The lowest BCUT2D eigenvalue weighted by molar-refractivity contribution is 0.422. The van der Waals surface area contributed by atoms with Gasteiger partial charge >= 0.3 is 0 Å². The van der Waals surface area contributed by atoms with Crippen LogP contribution in [-0.4, -0.2) is 12.1 Å². The Bertz CT molecular complexity index is 221. The normalized spacial score (nSPS) is 11.9. The maximum absolute atomic E-state index is 3.49. The maximum Gasteiger partial charge on any atom is 0.00965 e. The molecule has 1 aromatic rings. The van der Waals surface area contributed by atoms with Crippen LogP contribution in [0.25, 0.3) is 0 Å². The predicted octanol–water partition coefficient (Wildman–Crippen LogP) is 3.07. The second kappa shape index (κ2) is 4.77. The van der Waals surface area contributed by atoms with E-state index in [4.69, 9.17) is 0 Å². The Hall–Kier alpha value is -0.340. The molecule has 0 atom stereocenters. The van der Waals surface area contributed by atoms with Crippen LogP contribution < -0.4 is 5.32 Å². The van der Waals surface area contributed by atoms with Crippen LogP contribution in [0.15, 0.2) is 16.8 Å². The molecular formula is C11H19NS. The summed E-state index contributed by atoms with van der Waals surface area (Å²) in [6.45, 7) is 7.73. The third kappa shape index (κ3) is 5.06. The SMILES string of the molecule is CC(C)(C)NCCCc1ccsc1. The molecule has 1 N–H and O–H groups in total. The van der Waals surface area contributed by atoms with Crippen LogP contribution in [0.4, 0.5) is 0 Å². The van der Waals surface area contributed by atoms with E-state index in [1.807, 2.05) is 0 Å². The highest BCUT2D eigenvalue weighted by molar-refractivity contribution is 7.07. The monoisotopic (exact) mass is 197 g/mol. The van der Waals surface area contributed by atoms with Crippen LogP contribution in [0.5, 0.6) is 0 Å². The van der Waals surface area contributed by atoms with Crippen LogP contribution in [0.3, 0.4) is 0 Å². The van der Waals surface area contributed by atoms with Crippen LogP contribution in [-0.2, 0) is 6.42 Å². The molecule has 0 spiro atoms. The molecule has 0 unspecified atom stereocenters. The molecule has 1 aromatic heterocycles. The highest BCUT2D eigenvalue weighted by Crippen LogP contribution is 2.08. The number of aryl methyl sites for hydroxylation is 1. The van der Waals surface area contributed by atoms with Gasteiger partial charge in [-0.05, 0) is 62.5 Å². The Balaban J connectivity index is 2.09.